The fourth-order valence-electron chi connectivity index (χ4n) is 1.54. The van der Waals surface area contributed by atoms with Gasteiger partial charge in [-0.3, -0.25) is 4.79 Å². The molecule has 0 bridgehead atoms. The number of hydrogen-bond donors (Lipinski definition) is 2. The molecular weight excluding hydrogens is 166 g/mol. The van der Waals surface area contributed by atoms with Gasteiger partial charge in [-0.15, -0.1) is 0 Å². The van der Waals surface area contributed by atoms with Crippen molar-refractivity contribution in [2.24, 2.45) is 23.5 Å². The molecule has 0 spiro atoms. The highest BCUT2D eigenvalue weighted by Gasteiger charge is 2.22. The first-order chi connectivity index (χ1) is 6.02. The van der Waals surface area contributed by atoms with Crippen molar-refractivity contribution in [3.63, 3.8) is 0 Å². The Hall–Kier alpha value is -0.570. The zero-order valence-corrected chi connectivity index (χ0v) is 8.79. The normalized spacial score (nSPS) is 17.8. The number of nitrogens with two attached hydrogens (primary N) is 1. The van der Waals surface area contributed by atoms with E-state index in [2.05, 4.69) is 20.8 Å². The van der Waals surface area contributed by atoms with E-state index in [9.17, 15) is 4.79 Å². The molecular formula is C10H21NO2. The Bertz CT molecular complexity index is 159. The Kier molecular flexibility index (Phi) is 5.71. The molecule has 0 fully saturated rings. The first-order valence-corrected chi connectivity index (χ1v) is 4.94. The predicted molar refractivity (Wildman–Crippen MR) is 53.4 cm³/mol. The van der Waals surface area contributed by atoms with Crippen LogP contribution in [0.5, 0.6) is 0 Å². The Morgan fingerprint density at radius 1 is 1.46 bits per heavy atom. The molecule has 13 heavy (non-hydrogen) atoms. The van der Waals surface area contributed by atoms with Gasteiger partial charge in [-0.05, 0) is 24.3 Å². The van der Waals surface area contributed by atoms with Crippen molar-refractivity contribution in [3.05, 3.63) is 0 Å². The van der Waals surface area contributed by atoms with Crippen molar-refractivity contribution in [3.8, 4) is 0 Å². The molecule has 0 aromatic carbocycles. The van der Waals surface area contributed by atoms with E-state index in [0.717, 1.165) is 6.42 Å². The van der Waals surface area contributed by atoms with Crippen LogP contribution in [0.2, 0.25) is 0 Å². The molecule has 0 aromatic heterocycles. The molecule has 0 aromatic rings. The van der Waals surface area contributed by atoms with Gasteiger partial charge in [0.2, 0.25) is 0 Å². The van der Waals surface area contributed by atoms with Crippen molar-refractivity contribution < 1.29 is 9.90 Å². The smallest absolute Gasteiger partial charge is 0.303 e. The second kappa shape index (κ2) is 5.97. The molecule has 0 aliphatic heterocycles. The first-order valence-electron chi connectivity index (χ1n) is 4.94. The summed E-state index contributed by atoms with van der Waals surface area (Å²) in [7, 11) is 0. The van der Waals surface area contributed by atoms with E-state index in [0.29, 0.717) is 18.4 Å². The Morgan fingerprint density at radius 3 is 2.31 bits per heavy atom. The first kappa shape index (κ1) is 12.4. The molecule has 0 saturated carbocycles. The quantitative estimate of drug-likeness (QED) is 0.665. The average Bonchev–Trinajstić information content (AvgIpc) is 2.11. The van der Waals surface area contributed by atoms with Crippen molar-refractivity contribution in [2.75, 3.05) is 6.54 Å². The standard InChI is InChI=1S/C10H21NO2/c1-4-7(2)8(3)9(6-11)5-10(12)13/h7-9H,4-6,11H2,1-3H3,(H,12,13)/t7-,8-,9+/m1/s1. The molecule has 0 unspecified atom stereocenters. The van der Waals surface area contributed by atoms with Gasteiger partial charge in [-0.1, -0.05) is 27.2 Å². The molecule has 3 atom stereocenters. The number of aliphatic carboxylic acids is 1. The predicted octanol–water partition coefficient (Wildman–Crippen LogP) is 1.72. The molecule has 0 aliphatic rings. The van der Waals surface area contributed by atoms with Gasteiger partial charge >= 0.3 is 5.97 Å². The summed E-state index contributed by atoms with van der Waals surface area (Å²) in [6.07, 6.45) is 1.28. The molecule has 0 heterocycles. The third kappa shape index (κ3) is 4.27. The van der Waals surface area contributed by atoms with Gasteiger partial charge in [0, 0.05) is 6.42 Å². The fourth-order valence-corrected chi connectivity index (χ4v) is 1.54. The maximum Gasteiger partial charge on any atom is 0.303 e. The van der Waals surface area contributed by atoms with Gasteiger partial charge in [-0.2, -0.15) is 0 Å². The number of carboxylic acid groups (broad SMARTS) is 1. The molecule has 0 rings (SSSR count). The zero-order valence-electron chi connectivity index (χ0n) is 8.79. The van der Waals surface area contributed by atoms with E-state index < -0.39 is 5.97 Å². The van der Waals surface area contributed by atoms with Gasteiger partial charge in [-0.25, -0.2) is 0 Å². The average molecular weight is 187 g/mol. The number of rotatable bonds is 6. The maximum absolute atomic E-state index is 10.5. The summed E-state index contributed by atoms with van der Waals surface area (Å²) < 4.78 is 0. The van der Waals surface area contributed by atoms with Crippen LogP contribution in [-0.2, 0) is 4.79 Å². The molecule has 0 amide bonds. The van der Waals surface area contributed by atoms with Crippen LogP contribution < -0.4 is 5.73 Å². The minimum absolute atomic E-state index is 0.118. The van der Waals surface area contributed by atoms with Gasteiger partial charge in [0.05, 0.1) is 0 Å². The Balaban J connectivity index is 4.13. The van der Waals surface area contributed by atoms with Crippen LogP contribution in [0.4, 0.5) is 0 Å². The lowest BCUT2D eigenvalue weighted by atomic mass is 9.81. The van der Waals surface area contributed by atoms with Crippen LogP contribution in [0.15, 0.2) is 0 Å². The van der Waals surface area contributed by atoms with E-state index in [-0.39, 0.29) is 12.3 Å². The lowest BCUT2D eigenvalue weighted by Crippen LogP contribution is -2.28. The minimum Gasteiger partial charge on any atom is -0.481 e. The van der Waals surface area contributed by atoms with Crippen LogP contribution in [0.25, 0.3) is 0 Å². The summed E-state index contributed by atoms with van der Waals surface area (Å²) in [5, 5.41) is 8.66. The highest BCUT2D eigenvalue weighted by molar-refractivity contribution is 5.67. The van der Waals surface area contributed by atoms with Crippen LogP contribution in [-0.4, -0.2) is 17.6 Å². The second-order valence-corrected chi connectivity index (χ2v) is 3.84. The number of hydrogen-bond acceptors (Lipinski definition) is 2. The van der Waals surface area contributed by atoms with Crippen molar-refractivity contribution in [1.29, 1.82) is 0 Å². The number of carbonyl (C=O) groups is 1. The lowest BCUT2D eigenvalue weighted by molar-refractivity contribution is -0.138. The summed E-state index contributed by atoms with van der Waals surface area (Å²) in [5.41, 5.74) is 5.55. The van der Waals surface area contributed by atoms with Gasteiger partial charge < -0.3 is 10.8 Å². The molecule has 3 nitrogen and oxygen atoms in total. The Morgan fingerprint density at radius 2 is 2.00 bits per heavy atom. The van der Waals surface area contributed by atoms with Crippen LogP contribution in [0.1, 0.15) is 33.6 Å². The maximum atomic E-state index is 10.5. The highest BCUT2D eigenvalue weighted by atomic mass is 16.4. The molecule has 3 N–H and O–H groups in total. The highest BCUT2D eigenvalue weighted by Crippen LogP contribution is 2.24. The van der Waals surface area contributed by atoms with E-state index >= 15 is 0 Å². The van der Waals surface area contributed by atoms with Crippen molar-refractivity contribution in [1.82, 2.24) is 0 Å². The van der Waals surface area contributed by atoms with Gasteiger partial charge in [0.1, 0.15) is 0 Å². The molecule has 0 saturated heterocycles. The third-order valence-electron chi connectivity index (χ3n) is 3.02. The monoisotopic (exact) mass is 187 g/mol. The van der Waals surface area contributed by atoms with Crippen LogP contribution in [0.3, 0.4) is 0 Å². The summed E-state index contributed by atoms with van der Waals surface area (Å²) in [4.78, 5) is 10.5. The largest absolute Gasteiger partial charge is 0.481 e. The summed E-state index contributed by atoms with van der Waals surface area (Å²) in [6.45, 7) is 6.83. The summed E-state index contributed by atoms with van der Waals surface area (Å²) in [5.74, 6) is 0.317. The molecule has 3 heteroatoms. The number of carboxylic acids is 1. The second-order valence-electron chi connectivity index (χ2n) is 3.84. The fraction of sp³-hybridized carbons (Fsp3) is 0.900. The lowest BCUT2D eigenvalue weighted by Gasteiger charge is -2.25. The molecule has 0 aliphatic carbocycles. The van der Waals surface area contributed by atoms with Crippen LogP contribution >= 0.6 is 0 Å². The minimum atomic E-state index is -0.745. The topological polar surface area (TPSA) is 63.3 Å². The molecule has 78 valence electrons. The summed E-state index contributed by atoms with van der Waals surface area (Å²) in [6, 6.07) is 0. The third-order valence-corrected chi connectivity index (χ3v) is 3.02. The van der Waals surface area contributed by atoms with Crippen molar-refractivity contribution in [2.45, 2.75) is 33.6 Å². The SMILES string of the molecule is CC[C@@H](C)[C@@H](C)[C@H](CN)CC(=O)O. The molecule has 0 radical (unpaired) electrons. The van der Waals surface area contributed by atoms with Crippen LogP contribution in [0, 0.1) is 17.8 Å². The van der Waals surface area contributed by atoms with Gasteiger partial charge in [0.25, 0.3) is 0 Å². The van der Waals surface area contributed by atoms with E-state index in [1.807, 2.05) is 0 Å². The van der Waals surface area contributed by atoms with E-state index in [1.165, 1.54) is 0 Å². The Labute approximate surface area is 80.3 Å². The van der Waals surface area contributed by atoms with Gasteiger partial charge in [0.15, 0.2) is 0 Å². The summed E-state index contributed by atoms with van der Waals surface area (Å²) >= 11 is 0. The van der Waals surface area contributed by atoms with E-state index in [1.54, 1.807) is 0 Å². The van der Waals surface area contributed by atoms with Crippen molar-refractivity contribution >= 4 is 5.97 Å². The zero-order chi connectivity index (χ0) is 10.4. The van der Waals surface area contributed by atoms with E-state index in [4.69, 9.17) is 10.8 Å².